The molecule has 3 aromatic carbocycles. The molecule has 0 bridgehead atoms. The summed E-state index contributed by atoms with van der Waals surface area (Å²) in [6.45, 7) is 5.25. The van der Waals surface area contributed by atoms with E-state index in [1.807, 2.05) is 98.8 Å². The second-order valence-electron chi connectivity index (χ2n) is 8.36. The Morgan fingerprint density at radius 1 is 0.811 bits per heavy atom. The molecule has 0 aromatic heterocycles. The van der Waals surface area contributed by atoms with E-state index >= 15 is 0 Å². The Hall–Kier alpha value is -4.20. The predicted molar refractivity (Wildman–Crippen MR) is 143 cm³/mol. The average Bonchev–Trinajstić information content (AvgIpc) is 2.95. The average molecular weight is 506 g/mol. The maximum atomic E-state index is 13.2. The highest BCUT2D eigenvalue weighted by atomic mass is 16.6. The number of amides is 2. The van der Waals surface area contributed by atoms with Gasteiger partial charge in [0.2, 0.25) is 0 Å². The fourth-order valence-corrected chi connectivity index (χ4v) is 3.87. The van der Waals surface area contributed by atoms with Crippen molar-refractivity contribution in [2.45, 2.75) is 39.5 Å². The van der Waals surface area contributed by atoms with Crippen molar-refractivity contribution in [1.82, 2.24) is 10.4 Å². The topological polar surface area (TPSA) is 80.3 Å². The van der Waals surface area contributed by atoms with Gasteiger partial charge >= 0.3 is 12.2 Å². The Bertz CT molecular complexity index is 1110. The van der Waals surface area contributed by atoms with Gasteiger partial charge in [0, 0.05) is 13.1 Å². The smallest absolute Gasteiger partial charge is 0.429 e. The first-order valence-electron chi connectivity index (χ1n) is 12.4. The van der Waals surface area contributed by atoms with Crippen LogP contribution in [-0.2, 0) is 22.7 Å². The first kappa shape index (κ1) is 27.4. The molecule has 3 aromatic rings. The summed E-state index contributed by atoms with van der Waals surface area (Å²) in [6.07, 6.45) is -0.840. The molecular weight excluding hydrogens is 470 g/mol. The third-order valence-corrected chi connectivity index (χ3v) is 5.90. The zero-order valence-electron chi connectivity index (χ0n) is 21.6. The van der Waals surface area contributed by atoms with Gasteiger partial charge in [-0.1, -0.05) is 79.7 Å². The SMILES string of the molecule is CCC(CN(CC)c1ccccc1OC)N(NC(=O)OCc1ccccc1)C(=O)OCc1ccccc1. The number of carbonyl (C=O) groups is 2. The van der Waals surface area contributed by atoms with Crippen LogP contribution in [0.15, 0.2) is 84.9 Å². The second kappa shape index (κ2) is 14.4. The summed E-state index contributed by atoms with van der Waals surface area (Å²) in [5, 5.41) is 1.23. The molecule has 1 N–H and O–H groups in total. The molecule has 0 fully saturated rings. The van der Waals surface area contributed by atoms with Gasteiger partial charge in [-0.2, -0.15) is 0 Å². The molecule has 0 aliphatic heterocycles. The highest BCUT2D eigenvalue weighted by molar-refractivity contribution is 5.74. The minimum Gasteiger partial charge on any atom is -0.495 e. The summed E-state index contributed by atoms with van der Waals surface area (Å²) < 4.78 is 16.5. The van der Waals surface area contributed by atoms with E-state index in [-0.39, 0.29) is 13.2 Å². The minimum atomic E-state index is -0.737. The lowest BCUT2D eigenvalue weighted by Gasteiger charge is -2.35. The Labute approximate surface area is 218 Å². The van der Waals surface area contributed by atoms with E-state index < -0.39 is 18.2 Å². The van der Waals surface area contributed by atoms with Crippen molar-refractivity contribution in [1.29, 1.82) is 0 Å². The van der Waals surface area contributed by atoms with Gasteiger partial charge in [0.05, 0.1) is 18.8 Å². The van der Waals surface area contributed by atoms with Crippen LogP contribution < -0.4 is 15.1 Å². The van der Waals surface area contributed by atoms with Gasteiger partial charge in [0.15, 0.2) is 0 Å². The number of carbonyl (C=O) groups excluding carboxylic acids is 2. The molecule has 1 unspecified atom stereocenters. The summed E-state index contributed by atoms with van der Waals surface area (Å²) >= 11 is 0. The number of para-hydroxylation sites is 2. The van der Waals surface area contributed by atoms with Gasteiger partial charge < -0.3 is 19.1 Å². The zero-order valence-corrected chi connectivity index (χ0v) is 21.6. The van der Waals surface area contributed by atoms with Crippen molar-refractivity contribution < 1.29 is 23.8 Å². The number of likely N-dealkylation sites (N-methyl/N-ethyl adjacent to an activating group) is 1. The molecule has 2 amide bonds. The molecule has 0 saturated heterocycles. The predicted octanol–water partition coefficient (Wildman–Crippen LogP) is 5.78. The van der Waals surface area contributed by atoms with Crippen molar-refractivity contribution >= 4 is 17.9 Å². The van der Waals surface area contributed by atoms with Crippen LogP contribution in [0, 0.1) is 0 Å². The van der Waals surface area contributed by atoms with Crippen LogP contribution in [0.25, 0.3) is 0 Å². The number of hydrogen-bond donors (Lipinski definition) is 1. The van der Waals surface area contributed by atoms with Gasteiger partial charge in [0.25, 0.3) is 0 Å². The summed E-state index contributed by atoms with van der Waals surface area (Å²) in [5.41, 5.74) is 5.21. The van der Waals surface area contributed by atoms with Crippen LogP contribution in [-0.4, -0.2) is 43.4 Å². The highest BCUT2D eigenvalue weighted by Gasteiger charge is 2.29. The standard InChI is InChI=1S/C29H35N3O5/c1-4-25(20-31(5-2)26-18-12-13-19-27(26)35-3)32(29(34)37-22-24-16-10-7-11-17-24)30-28(33)36-21-23-14-8-6-9-15-23/h6-19,25H,4-5,20-22H2,1-3H3,(H,30,33). The maximum absolute atomic E-state index is 13.2. The molecule has 3 rings (SSSR count). The summed E-state index contributed by atoms with van der Waals surface area (Å²) in [4.78, 5) is 28.1. The third-order valence-electron chi connectivity index (χ3n) is 5.90. The fourth-order valence-electron chi connectivity index (χ4n) is 3.87. The quantitative estimate of drug-likeness (QED) is 0.333. The van der Waals surface area contributed by atoms with Crippen molar-refractivity contribution in [2.75, 3.05) is 25.1 Å². The van der Waals surface area contributed by atoms with Crippen molar-refractivity contribution in [2.24, 2.45) is 0 Å². The minimum absolute atomic E-state index is 0.0807. The molecule has 0 radical (unpaired) electrons. The Morgan fingerprint density at radius 3 is 1.95 bits per heavy atom. The van der Waals surface area contributed by atoms with E-state index in [2.05, 4.69) is 10.3 Å². The lowest BCUT2D eigenvalue weighted by molar-refractivity contribution is 0.0465. The van der Waals surface area contributed by atoms with E-state index in [9.17, 15) is 9.59 Å². The number of nitrogens with one attached hydrogen (secondary N) is 1. The highest BCUT2D eigenvalue weighted by Crippen LogP contribution is 2.28. The number of methoxy groups -OCH3 is 1. The molecule has 0 aliphatic rings. The second-order valence-corrected chi connectivity index (χ2v) is 8.36. The first-order valence-corrected chi connectivity index (χ1v) is 12.4. The number of hydrazine groups is 1. The lowest BCUT2D eigenvalue weighted by atomic mass is 10.1. The summed E-state index contributed by atoms with van der Waals surface area (Å²) in [7, 11) is 1.63. The van der Waals surface area contributed by atoms with Gasteiger partial charge in [0.1, 0.15) is 19.0 Å². The van der Waals surface area contributed by atoms with Gasteiger partial charge in [-0.05, 0) is 36.6 Å². The Kier molecular flexibility index (Phi) is 10.6. The molecule has 8 heteroatoms. The monoisotopic (exact) mass is 505 g/mol. The van der Waals surface area contributed by atoms with Crippen molar-refractivity contribution in [3.05, 3.63) is 96.1 Å². The largest absolute Gasteiger partial charge is 0.495 e. The molecule has 0 aliphatic carbocycles. The molecule has 0 saturated carbocycles. The number of rotatable bonds is 11. The number of anilines is 1. The lowest BCUT2D eigenvalue weighted by Crippen LogP contribution is -2.55. The number of nitrogens with zero attached hydrogens (tertiary/aromatic N) is 2. The molecule has 196 valence electrons. The normalized spacial score (nSPS) is 11.2. The summed E-state index contributed by atoms with van der Waals surface area (Å²) in [6, 6.07) is 26.0. The maximum Gasteiger partial charge on any atom is 0.429 e. The van der Waals surface area contributed by atoms with Gasteiger partial charge in [-0.15, -0.1) is 0 Å². The summed E-state index contributed by atoms with van der Waals surface area (Å²) in [5.74, 6) is 0.729. The van der Waals surface area contributed by atoms with E-state index in [1.165, 1.54) is 5.01 Å². The van der Waals surface area contributed by atoms with Crippen molar-refractivity contribution in [3.63, 3.8) is 0 Å². The van der Waals surface area contributed by atoms with Crippen LogP contribution in [0.2, 0.25) is 0 Å². The zero-order chi connectivity index (χ0) is 26.5. The fraction of sp³-hybridized carbons (Fsp3) is 0.310. The third kappa shape index (κ3) is 8.17. The Morgan fingerprint density at radius 2 is 1.38 bits per heavy atom. The van der Waals surface area contributed by atoms with Gasteiger partial charge in [-0.3, -0.25) is 0 Å². The number of hydrogen-bond acceptors (Lipinski definition) is 6. The van der Waals surface area contributed by atoms with Gasteiger partial charge in [-0.25, -0.2) is 20.0 Å². The first-order chi connectivity index (χ1) is 18.0. The van der Waals surface area contributed by atoms with E-state index in [1.54, 1.807) is 7.11 Å². The number of ether oxygens (including phenoxy) is 3. The molecule has 1 atom stereocenters. The van der Waals surface area contributed by atoms with E-state index in [0.717, 1.165) is 22.6 Å². The van der Waals surface area contributed by atoms with Crippen LogP contribution in [0.1, 0.15) is 31.4 Å². The molecule has 37 heavy (non-hydrogen) atoms. The molecule has 8 nitrogen and oxygen atoms in total. The molecular formula is C29H35N3O5. The molecule has 0 spiro atoms. The van der Waals surface area contributed by atoms with Crippen LogP contribution >= 0.6 is 0 Å². The Balaban J connectivity index is 1.76. The van der Waals surface area contributed by atoms with Crippen LogP contribution in [0.5, 0.6) is 5.75 Å². The van der Waals surface area contributed by atoms with Crippen LogP contribution in [0.3, 0.4) is 0 Å². The number of benzene rings is 3. The van der Waals surface area contributed by atoms with E-state index in [4.69, 9.17) is 14.2 Å². The van der Waals surface area contributed by atoms with Crippen LogP contribution in [0.4, 0.5) is 15.3 Å². The van der Waals surface area contributed by atoms with Crippen molar-refractivity contribution in [3.8, 4) is 5.75 Å². The van der Waals surface area contributed by atoms with E-state index in [0.29, 0.717) is 19.5 Å². The molecule has 0 heterocycles.